The van der Waals surface area contributed by atoms with Crippen molar-refractivity contribution in [2.75, 3.05) is 26.4 Å². The lowest BCUT2D eigenvalue weighted by atomic mass is 9.79. The van der Waals surface area contributed by atoms with Crippen LogP contribution in [0.3, 0.4) is 0 Å². The van der Waals surface area contributed by atoms with Crippen LogP contribution in [0.4, 0.5) is 0 Å². The van der Waals surface area contributed by atoms with Gasteiger partial charge < -0.3 is 18.9 Å². The van der Waals surface area contributed by atoms with Crippen molar-refractivity contribution in [3.8, 4) is 0 Å². The fourth-order valence-corrected chi connectivity index (χ4v) is 5.02. The van der Waals surface area contributed by atoms with Crippen molar-refractivity contribution in [3.63, 3.8) is 0 Å². The summed E-state index contributed by atoms with van der Waals surface area (Å²) in [5.41, 5.74) is 0. The predicted molar refractivity (Wildman–Crippen MR) is 112 cm³/mol. The van der Waals surface area contributed by atoms with Crippen LogP contribution in [0.15, 0.2) is 0 Å². The molecule has 2 aliphatic heterocycles. The molecule has 0 N–H and O–H groups in total. The molecule has 3 aliphatic rings. The molecule has 2 saturated heterocycles. The highest BCUT2D eigenvalue weighted by Crippen LogP contribution is 2.36. The minimum atomic E-state index is -0.0194. The second-order valence-corrected chi connectivity index (χ2v) is 9.51. The van der Waals surface area contributed by atoms with E-state index < -0.39 is 0 Å². The van der Waals surface area contributed by atoms with Crippen LogP contribution in [0.25, 0.3) is 0 Å². The third-order valence-corrected chi connectivity index (χ3v) is 7.05. The second kappa shape index (κ2) is 12.5. The minimum absolute atomic E-state index is 0.0194. The SMILES string of the molecule is CCCC[C@H]1CC[C@H]([C@H]2OC[C@H](CC[C@H]3OC[C@H](CCCC)CO3)CO2)CC1. The van der Waals surface area contributed by atoms with Gasteiger partial charge in [0.1, 0.15) is 0 Å². The first-order chi connectivity index (χ1) is 13.8. The van der Waals surface area contributed by atoms with E-state index in [1.165, 1.54) is 64.2 Å². The molecule has 0 spiro atoms. The fourth-order valence-electron chi connectivity index (χ4n) is 5.02. The lowest BCUT2D eigenvalue weighted by molar-refractivity contribution is -0.236. The highest BCUT2D eigenvalue weighted by atomic mass is 16.7. The Bertz CT molecular complexity index is 391. The Balaban J connectivity index is 1.25. The van der Waals surface area contributed by atoms with Crippen LogP contribution >= 0.6 is 0 Å². The molecule has 0 aromatic heterocycles. The predicted octanol–water partition coefficient (Wildman–Crippen LogP) is 5.93. The largest absolute Gasteiger partial charge is 0.352 e. The first-order valence-electron chi connectivity index (χ1n) is 12.2. The zero-order valence-corrected chi connectivity index (χ0v) is 18.4. The van der Waals surface area contributed by atoms with Crippen LogP contribution in [-0.2, 0) is 18.9 Å². The summed E-state index contributed by atoms with van der Waals surface area (Å²) in [6, 6.07) is 0. The Morgan fingerprint density at radius 2 is 1.11 bits per heavy atom. The van der Waals surface area contributed by atoms with Crippen LogP contribution < -0.4 is 0 Å². The topological polar surface area (TPSA) is 36.9 Å². The molecule has 28 heavy (non-hydrogen) atoms. The zero-order valence-electron chi connectivity index (χ0n) is 18.4. The third kappa shape index (κ3) is 7.27. The number of hydrogen-bond donors (Lipinski definition) is 0. The van der Waals surface area contributed by atoms with E-state index in [0.717, 1.165) is 45.2 Å². The van der Waals surface area contributed by atoms with E-state index in [-0.39, 0.29) is 12.6 Å². The molecule has 0 bridgehead atoms. The monoisotopic (exact) mass is 396 g/mol. The highest BCUT2D eigenvalue weighted by molar-refractivity contribution is 4.77. The van der Waals surface area contributed by atoms with Crippen LogP contribution in [0.5, 0.6) is 0 Å². The number of rotatable bonds is 10. The van der Waals surface area contributed by atoms with Gasteiger partial charge in [0.25, 0.3) is 0 Å². The van der Waals surface area contributed by atoms with Gasteiger partial charge in [0.05, 0.1) is 26.4 Å². The summed E-state index contributed by atoms with van der Waals surface area (Å²) in [7, 11) is 0. The first kappa shape index (κ1) is 22.5. The molecule has 0 unspecified atom stereocenters. The molecule has 4 heteroatoms. The smallest absolute Gasteiger partial charge is 0.160 e. The van der Waals surface area contributed by atoms with E-state index >= 15 is 0 Å². The summed E-state index contributed by atoms with van der Waals surface area (Å²) in [6.45, 7) is 7.95. The minimum Gasteiger partial charge on any atom is -0.352 e. The van der Waals surface area contributed by atoms with Gasteiger partial charge in [-0.05, 0) is 50.9 Å². The standard InChI is InChI=1S/C24H44O4/c1-3-5-7-19-9-12-22(13-10-19)24-27-17-21(18-28-24)11-14-23-25-15-20(16-26-23)8-6-4-2/h19-24H,3-18H2,1-2H3/t19-,20-,21-,22-,23-,24-. The summed E-state index contributed by atoms with van der Waals surface area (Å²) in [6.07, 6.45) is 15.3. The van der Waals surface area contributed by atoms with Gasteiger partial charge in [-0.3, -0.25) is 0 Å². The van der Waals surface area contributed by atoms with E-state index in [0.29, 0.717) is 17.8 Å². The quantitative estimate of drug-likeness (QED) is 0.458. The van der Waals surface area contributed by atoms with Gasteiger partial charge in [0.2, 0.25) is 0 Å². The van der Waals surface area contributed by atoms with Crippen LogP contribution in [0.2, 0.25) is 0 Å². The molecule has 3 rings (SSSR count). The van der Waals surface area contributed by atoms with E-state index in [2.05, 4.69) is 13.8 Å². The fraction of sp³-hybridized carbons (Fsp3) is 1.00. The molecule has 0 aromatic rings. The maximum absolute atomic E-state index is 6.14. The molecule has 0 atom stereocenters. The van der Waals surface area contributed by atoms with Crippen LogP contribution in [0, 0.1) is 23.7 Å². The van der Waals surface area contributed by atoms with Gasteiger partial charge in [-0.2, -0.15) is 0 Å². The van der Waals surface area contributed by atoms with Crippen LogP contribution in [-0.4, -0.2) is 39.0 Å². The first-order valence-corrected chi connectivity index (χ1v) is 12.2. The lowest BCUT2D eigenvalue weighted by Crippen LogP contribution is -2.39. The summed E-state index contributed by atoms with van der Waals surface area (Å²) in [4.78, 5) is 0. The van der Waals surface area contributed by atoms with Crippen molar-refractivity contribution in [3.05, 3.63) is 0 Å². The van der Waals surface area contributed by atoms with Crippen molar-refractivity contribution >= 4 is 0 Å². The van der Waals surface area contributed by atoms with Gasteiger partial charge in [-0.1, -0.05) is 46.0 Å². The molecule has 0 aromatic carbocycles. The Morgan fingerprint density at radius 3 is 1.71 bits per heavy atom. The van der Waals surface area contributed by atoms with Crippen molar-refractivity contribution in [2.24, 2.45) is 23.7 Å². The molecule has 1 saturated carbocycles. The van der Waals surface area contributed by atoms with Crippen molar-refractivity contribution in [2.45, 2.75) is 103 Å². The van der Waals surface area contributed by atoms with E-state index in [4.69, 9.17) is 18.9 Å². The van der Waals surface area contributed by atoms with Gasteiger partial charge in [-0.15, -0.1) is 0 Å². The van der Waals surface area contributed by atoms with E-state index in [9.17, 15) is 0 Å². The maximum Gasteiger partial charge on any atom is 0.160 e. The summed E-state index contributed by atoms with van der Waals surface area (Å²) >= 11 is 0. The Morgan fingerprint density at radius 1 is 0.571 bits per heavy atom. The average Bonchev–Trinajstić information content (AvgIpc) is 2.76. The summed E-state index contributed by atoms with van der Waals surface area (Å²) in [5, 5.41) is 0. The van der Waals surface area contributed by atoms with Gasteiger partial charge >= 0.3 is 0 Å². The molecular formula is C24H44O4. The van der Waals surface area contributed by atoms with Crippen LogP contribution in [0.1, 0.15) is 90.9 Å². The highest BCUT2D eigenvalue weighted by Gasteiger charge is 2.33. The summed E-state index contributed by atoms with van der Waals surface area (Å²) in [5.74, 6) is 2.64. The number of hydrogen-bond acceptors (Lipinski definition) is 4. The van der Waals surface area contributed by atoms with Crippen molar-refractivity contribution < 1.29 is 18.9 Å². The van der Waals surface area contributed by atoms with Crippen molar-refractivity contribution in [1.82, 2.24) is 0 Å². The molecule has 4 nitrogen and oxygen atoms in total. The second-order valence-electron chi connectivity index (χ2n) is 9.51. The normalized spacial score (nSPS) is 37.1. The number of ether oxygens (including phenoxy) is 4. The molecule has 2 heterocycles. The third-order valence-electron chi connectivity index (χ3n) is 7.05. The number of unbranched alkanes of at least 4 members (excludes halogenated alkanes) is 2. The maximum atomic E-state index is 6.14. The Kier molecular flexibility index (Phi) is 10.1. The van der Waals surface area contributed by atoms with Gasteiger partial charge in [0, 0.05) is 17.8 Å². The average molecular weight is 397 g/mol. The van der Waals surface area contributed by atoms with E-state index in [1.807, 2.05) is 0 Å². The molecule has 0 amide bonds. The Hall–Kier alpha value is -0.160. The molecule has 0 radical (unpaired) electrons. The molecular weight excluding hydrogens is 352 g/mol. The molecule has 1 aliphatic carbocycles. The zero-order chi connectivity index (χ0) is 19.6. The van der Waals surface area contributed by atoms with E-state index in [1.54, 1.807) is 0 Å². The molecule has 164 valence electrons. The van der Waals surface area contributed by atoms with Crippen molar-refractivity contribution in [1.29, 1.82) is 0 Å². The Labute approximate surface area is 173 Å². The summed E-state index contributed by atoms with van der Waals surface area (Å²) < 4.78 is 24.1. The molecule has 3 fully saturated rings. The van der Waals surface area contributed by atoms with Gasteiger partial charge in [0.15, 0.2) is 12.6 Å². The lowest BCUT2D eigenvalue weighted by Gasteiger charge is -2.38. The van der Waals surface area contributed by atoms with Gasteiger partial charge in [-0.25, -0.2) is 0 Å².